The van der Waals surface area contributed by atoms with Gasteiger partial charge < -0.3 is 23.8 Å². The van der Waals surface area contributed by atoms with Crippen molar-refractivity contribution in [3.63, 3.8) is 0 Å². The Hall–Kier alpha value is -2.72. The summed E-state index contributed by atoms with van der Waals surface area (Å²) in [6.07, 6.45) is 5.39. The van der Waals surface area contributed by atoms with Crippen molar-refractivity contribution in [2.24, 2.45) is 0 Å². The molecule has 4 rings (SSSR count). The summed E-state index contributed by atoms with van der Waals surface area (Å²) in [5.74, 6) is 0.369. The molecule has 0 bridgehead atoms. The predicted octanol–water partition coefficient (Wildman–Crippen LogP) is 1.10. The van der Waals surface area contributed by atoms with Crippen molar-refractivity contribution < 1.29 is 23.6 Å². The van der Waals surface area contributed by atoms with Crippen LogP contribution in [0.15, 0.2) is 23.0 Å². The number of carbonyl (C=O) groups is 2. The summed E-state index contributed by atoms with van der Waals surface area (Å²) in [6.45, 7) is 5.31. The van der Waals surface area contributed by atoms with E-state index in [1.54, 1.807) is 29.0 Å². The summed E-state index contributed by atoms with van der Waals surface area (Å²) in [6, 6.07) is 1.65. The molecule has 2 amide bonds. The minimum atomic E-state index is -0.504. The van der Waals surface area contributed by atoms with Gasteiger partial charge in [-0.1, -0.05) is 5.16 Å². The van der Waals surface area contributed by atoms with Crippen LogP contribution < -0.4 is 0 Å². The SMILES string of the molecule is COCCCN1C(=O)CCN(C(=O)c2cc(Cn3cc(C)cn3)on2)CC12CCOC2. The lowest BCUT2D eigenvalue weighted by molar-refractivity contribution is -0.136. The standard InChI is InChI=1S/C21H29N5O5/c1-16-11-22-25(12-16)13-17-10-18(23-31-17)20(28)24-7-4-19(27)26(6-3-8-29-2)21(14-24)5-9-30-15-21/h10-12H,3-9,13-15H2,1-2H3. The van der Waals surface area contributed by atoms with Crippen molar-refractivity contribution in [1.29, 1.82) is 0 Å². The van der Waals surface area contributed by atoms with Gasteiger partial charge in [-0.15, -0.1) is 0 Å². The van der Waals surface area contributed by atoms with Crippen molar-refractivity contribution in [1.82, 2.24) is 24.7 Å². The maximum atomic E-state index is 13.2. The maximum absolute atomic E-state index is 13.2. The molecule has 2 aromatic heterocycles. The lowest BCUT2D eigenvalue weighted by Gasteiger charge is -2.40. The summed E-state index contributed by atoms with van der Waals surface area (Å²) in [7, 11) is 1.65. The molecule has 2 saturated heterocycles. The van der Waals surface area contributed by atoms with Gasteiger partial charge in [-0.3, -0.25) is 14.3 Å². The largest absolute Gasteiger partial charge is 0.385 e. The second-order valence-electron chi connectivity index (χ2n) is 8.29. The second-order valence-corrected chi connectivity index (χ2v) is 8.29. The van der Waals surface area contributed by atoms with Gasteiger partial charge in [-0.25, -0.2) is 0 Å². The quantitative estimate of drug-likeness (QED) is 0.605. The van der Waals surface area contributed by atoms with Gasteiger partial charge in [-0.05, 0) is 25.3 Å². The Bertz CT molecular complexity index is 917. The number of rotatable bonds is 7. The van der Waals surface area contributed by atoms with E-state index in [1.165, 1.54) is 0 Å². The van der Waals surface area contributed by atoms with E-state index < -0.39 is 5.54 Å². The number of aryl methyl sites for hydroxylation is 1. The van der Waals surface area contributed by atoms with E-state index in [-0.39, 0.29) is 23.9 Å². The van der Waals surface area contributed by atoms with Crippen molar-refractivity contribution in [2.75, 3.05) is 46.6 Å². The van der Waals surface area contributed by atoms with Gasteiger partial charge in [0, 0.05) is 58.6 Å². The van der Waals surface area contributed by atoms with Crippen molar-refractivity contribution in [3.05, 3.63) is 35.5 Å². The molecule has 2 aliphatic heterocycles. The third kappa shape index (κ3) is 4.64. The van der Waals surface area contributed by atoms with E-state index in [0.717, 1.165) is 12.0 Å². The van der Waals surface area contributed by atoms with Gasteiger partial charge in [0.1, 0.15) is 6.54 Å². The smallest absolute Gasteiger partial charge is 0.276 e. The van der Waals surface area contributed by atoms with Crippen LogP contribution in [0.5, 0.6) is 0 Å². The Labute approximate surface area is 181 Å². The predicted molar refractivity (Wildman–Crippen MR) is 109 cm³/mol. The number of aromatic nitrogens is 3. The van der Waals surface area contributed by atoms with Gasteiger partial charge in [0.2, 0.25) is 5.91 Å². The molecule has 0 aromatic carbocycles. The van der Waals surface area contributed by atoms with Gasteiger partial charge >= 0.3 is 0 Å². The van der Waals surface area contributed by atoms with Gasteiger partial charge in [0.25, 0.3) is 5.91 Å². The number of amides is 2. The number of hydrogen-bond donors (Lipinski definition) is 0. The minimum absolute atomic E-state index is 0.0480. The fourth-order valence-electron chi connectivity index (χ4n) is 4.35. The van der Waals surface area contributed by atoms with E-state index in [2.05, 4.69) is 10.3 Å². The molecule has 2 aliphatic rings. The van der Waals surface area contributed by atoms with Crippen LogP contribution in [0.1, 0.15) is 41.1 Å². The highest BCUT2D eigenvalue weighted by Gasteiger charge is 2.47. The van der Waals surface area contributed by atoms with Crippen molar-refractivity contribution >= 4 is 11.8 Å². The highest BCUT2D eigenvalue weighted by atomic mass is 16.5. The zero-order valence-corrected chi connectivity index (χ0v) is 18.1. The molecule has 10 heteroatoms. The zero-order chi connectivity index (χ0) is 21.8. The number of carbonyl (C=O) groups excluding carboxylic acids is 2. The first kappa shape index (κ1) is 21.5. The Morgan fingerprint density at radius 3 is 2.97 bits per heavy atom. The average Bonchev–Trinajstić information content (AvgIpc) is 3.48. The number of hydrogen-bond acceptors (Lipinski definition) is 7. The third-order valence-corrected chi connectivity index (χ3v) is 5.91. The van der Waals surface area contributed by atoms with E-state index >= 15 is 0 Å². The molecule has 1 unspecified atom stereocenters. The van der Waals surface area contributed by atoms with Crippen LogP contribution in [0.2, 0.25) is 0 Å². The first-order chi connectivity index (χ1) is 15.0. The molecular formula is C21H29N5O5. The molecule has 2 fully saturated rings. The minimum Gasteiger partial charge on any atom is -0.385 e. The van der Waals surface area contributed by atoms with Crippen LogP contribution in [0.3, 0.4) is 0 Å². The average molecular weight is 431 g/mol. The fourth-order valence-corrected chi connectivity index (χ4v) is 4.35. The van der Waals surface area contributed by atoms with Crippen LogP contribution in [0, 0.1) is 6.92 Å². The van der Waals surface area contributed by atoms with Crippen LogP contribution in [-0.2, 0) is 20.8 Å². The maximum Gasteiger partial charge on any atom is 0.276 e. The van der Waals surface area contributed by atoms with Gasteiger partial charge in [0.15, 0.2) is 11.5 Å². The van der Waals surface area contributed by atoms with Gasteiger partial charge in [-0.2, -0.15) is 5.10 Å². The molecule has 0 N–H and O–H groups in total. The molecule has 1 spiro atoms. The highest BCUT2D eigenvalue weighted by Crippen LogP contribution is 2.31. The topological polar surface area (TPSA) is 103 Å². The molecule has 1 atom stereocenters. The summed E-state index contributed by atoms with van der Waals surface area (Å²) < 4.78 is 17.9. The number of nitrogens with zero attached hydrogens (tertiary/aromatic N) is 5. The normalized spacial score (nSPS) is 21.8. The second kappa shape index (κ2) is 9.19. The first-order valence-electron chi connectivity index (χ1n) is 10.6. The lowest BCUT2D eigenvalue weighted by Crippen LogP contribution is -2.57. The Balaban J connectivity index is 1.49. The Kier molecular flexibility index (Phi) is 6.38. The van der Waals surface area contributed by atoms with E-state index in [1.807, 2.05) is 18.0 Å². The molecule has 0 radical (unpaired) electrons. The summed E-state index contributed by atoms with van der Waals surface area (Å²) in [5, 5.41) is 8.22. The van der Waals surface area contributed by atoms with E-state index in [4.69, 9.17) is 14.0 Å². The van der Waals surface area contributed by atoms with Crippen LogP contribution in [0.25, 0.3) is 0 Å². The molecule has 4 heterocycles. The van der Waals surface area contributed by atoms with Crippen LogP contribution in [0.4, 0.5) is 0 Å². The summed E-state index contributed by atoms with van der Waals surface area (Å²) in [5.41, 5.74) is 0.785. The number of ether oxygens (including phenoxy) is 2. The van der Waals surface area contributed by atoms with Gasteiger partial charge in [0.05, 0.1) is 18.3 Å². The molecule has 0 saturated carbocycles. The van der Waals surface area contributed by atoms with Crippen molar-refractivity contribution in [3.8, 4) is 0 Å². The zero-order valence-electron chi connectivity index (χ0n) is 18.1. The first-order valence-corrected chi connectivity index (χ1v) is 10.6. The highest BCUT2D eigenvalue weighted by molar-refractivity contribution is 5.93. The molecule has 0 aliphatic carbocycles. The molecule has 10 nitrogen and oxygen atoms in total. The number of methoxy groups -OCH3 is 1. The Morgan fingerprint density at radius 1 is 1.39 bits per heavy atom. The molecule has 2 aromatic rings. The summed E-state index contributed by atoms with van der Waals surface area (Å²) in [4.78, 5) is 29.8. The molecular weight excluding hydrogens is 402 g/mol. The monoisotopic (exact) mass is 431 g/mol. The third-order valence-electron chi connectivity index (χ3n) is 5.91. The molecule has 31 heavy (non-hydrogen) atoms. The van der Waals surface area contributed by atoms with E-state index in [0.29, 0.717) is 58.2 Å². The van der Waals surface area contributed by atoms with E-state index in [9.17, 15) is 9.59 Å². The van der Waals surface area contributed by atoms with Crippen LogP contribution >= 0.6 is 0 Å². The fraction of sp³-hybridized carbons (Fsp3) is 0.619. The Morgan fingerprint density at radius 2 is 2.26 bits per heavy atom. The van der Waals surface area contributed by atoms with Crippen LogP contribution in [-0.4, -0.2) is 88.7 Å². The van der Waals surface area contributed by atoms with Crippen molar-refractivity contribution in [2.45, 2.75) is 38.3 Å². The molecule has 168 valence electrons. The summed E-state index contributed by atoms with van der Waals surface area (Å²) >= 11 is 0. The lowest BCUT2D eigenvalue weighted by atomic mass is 9.95.